The van der Waals surface area contributed by atoms with Crippen LogP contribution in [-0.2, 0) is 4.79 Å². The molecule has 0 heterocycles. The SMILES string of the molecule is CC1CCC/C(=C(\F)C(=O)O)CC1. The third-order valence-electron chi connectivity index (χ3n) is 2.61. The molecule has 1 fully saturated rings. The molecule has 0 bridgehead atoms. The summed E-state index contributed by atoms with van der Waals surface area (Å²) in [5.74, 6) is -1.74. The maximum absolute atomic E-state index is 13.0. The number of halogens is 1. The standard InChI is InChI=1S/C10H15FO2/c1-7-3-2-4-8(6-5-7)9(11)10(12)13/h7H,2-6H2,1H3,(H,12,13)/b9-8+. The van der Waals surface area contributed by atoms with Gasteiger partial charge < -0.3 is 5.11 Å². The summed E-state index contributed by atoms with van der Waals surface area (Å²) in [4.78, 5) is 10.4. The minimum absolute atomic E-state index is 0.497. The van der Waals surface area contributed by atoms with E-state index in [1.54, 1.807) is 0 Å². The van der Waals surface area contributed by atoms with E-state index in [0.29, 0.717) is 24.3 Å². The molecule has 3 heteroatoms. The van der Waals surface area contributed by atoms with Crippen LogP contribution in [0.3, 0.4) is 0 Å². The van der Waals surface area contributed by atoms with E-state index in [1.807, 2.05) is 0 Å². The van der Waals surface area contributed by atoms with Crippen molar-refractivity contribution in [2.75, 3.05) is 0 Å². The van der Waals surface area contributed by atoms with E-state index < -0.39 is 11.8 Å². The van der Waals surface area contributed by atoms with Gasteiger partial charge >= 0.3 is 5.97 Å². The van der Waals surface area contributed by atoms with E-state index in [-0.39, 0.29) is 0 Å². The summed E-state index contributed by atoms with van der Waals surface area (Å²) >= 11 is 0. The Morgan fingerprint density at radius 1 is 1.46 bits per heavy atom. The second-order valence-electron chi connectivity index (χ2n) is 3.76. The number of carboxylic acids is 1. The predicted octanol–water partition coefficient (Wildman–Crippen LogP) is 2.89. The monoisotopic (exact) mass is 186 g/mol. The van der Waals surface area contributed by atoms with Gasteiger partial charge in [-0.1, -0.05) is 13.3 Å². The molecule has 1 unspecified atom stereocenters. The van der Waals surface area contributed by atoms with E-state index in [0.717, 1.165) is 19.3 Å². The molecule has 1 saturated carbocycles. The minimum Gasteiger partial charge on any atom is -0.476 e. The van der Waals surface area contributed by atoms with Crippen LogP contribution in [-0.4, -0.2) is 11.1 Å². The number of allylic oxidation sites excluding steroid dienone is 1. The predicted molar refractivity (Wildman–Crippen MR) is 48.0 cm³/mol. The summed E-state index contributed by atoms with van der Waals surface area (Å²) in [5, 5.41) is 8.46. The zero-order valence-electron chi connectivity index (χ0n) is 7.85. The first-order chi connectivity index (χ1) is 6.11. The fourth-order valence-corrected chi connectivity index (χ4v) is 1.72. The zero-order valence-corrected chi connectivity index (χ0v) is 7.85. The van der Waals surface area contributed by atoms with Crippen molar-refractivity contribution in [3.05, 3.63) is 11.4 Å². The number of aliphatic carboxylic acids is 1. The molecule has 1 atom stereocenters. The number of carbonyl (C=O) groups is 1. The molecule has 0 spiro atoms. The van der Waals surface area contributed by atoms with Crippen molar-refractivity contribution in [2.24, 2.45) is 5.92 Å². The second-order valence-corrected chi connectivity index (χ2v) is 3.76. The van der Waals surface area contributed by atoms with Crippen molar-refractivity contribution in [3.8, 4) is 0 Å². The Hall–Kier alpha value is -0.860. The fraction of sp³-hybridized carbons (Fsp3) is 0.700. The average Bonchev–Trinajstić information content (AvgIpc) is 2.28. The van der Waals surface area contributed by atoms with Gasteiger partial charge in [0, 0.05) is 0 Å². The van der Waals surface area contributed by atoms with Crippen molar-refractivity contribution in [1.29, 1.82) is 0 Å². The molecular weight excluding hydrogens is 171 g/mol. The lowest BCUT2D eigenvalue weighted by atomic mass is 10.0. The summed E-state index contributed by atoms with van der Waals surface area (Å²) in [5.41, 5.74) is 0.497. The van der Waals surface area contributed by atoms with E-state index in [4.69, 9.17) is 5.11 Å². The van der Waals surface area contributed by atoms with Crippen LogP contribution in [0.1, 0.15) is 39.0 Å². The summed E-state index contributed by atoms with van der Waals surface area (Å²) in [6.07, 6.45) is 4.13. The van der Waals surface area contributed by atoms with Crippen LogP contribution in [0.15, 0.2) is 11.4 Å². The first-order valence-electron chi connectivity index (χ1n) is 4.72. The normalized spacial score (nSPS) is 28.0. The number of hydrogen-bond acceptors (Lipinski definition) is 1. The number of hydrogen-bond donors (Lipinski definition) is 1. The van der Waals surface area contributed by atoms with Crippen molar-refractivity contribution < 1.29 is 14.3 Å². The zero-order chi connectivity index (χ0) is 9.84. The Kier molecular flexibility index (Phi) is 3.46. The first kappa shape index (κ1) is 10.2. The van der Waals surface area contributed by atoms with Crippen LogP contribution >= 0.6 is 0 Å². The summed E-state index contributed by atoms with van der Waals surface area (Å²) < 4.78 is 13.0. The Labute approximate surface area is 77.4 Å². The molecule has 0 aromatic rings. The maximum Gasteiger partial charge on any atom is 0.364 e. The summed E-state index contributed by atoms with van der Waals surface area (Å²) in [6.45, 7) is 2.13. The average molecular weight is 186 g/mol. The molecule has 13 heavy (non-hydrogen) atoms. The number of rotatable bonds is 1. The van der Waals surface area contributed by atoms with Gasteiger partial charge in [0.1, 0.15) is 0 Å². The lowest BCUT2D eigenvalue weighted by Crippen LogP contribution is -1.99. The van der Waals surface area contributed by atoms with Crippen molar-refractivity contribution in [2.45, 2.75) is 39.0 Å². The van der Waals surface area contributed by atoms with Crippen LogP contribution in [0.4, 0.5) is 4.39 Å². The van der Waals surface area contributed by atoms with E-state index in [1.165, 1.54) is 0 Å². The highest BCUT2D eigenvalue weighted by atomic mass is 19.1. The van der Waals surface area contributed by atoms with Gasteiger partial charge in [-0.15, -0.1) is 0 Å². The van der Waals surface area contributed by atoms with Gasteiger partial charge in [0.2, 0.25) is 5.83 Å². The highest BCUT2D eigenvalue weighted by Gasteiger charge is 2.17. The Bertz CT molecular complexity index is 233. The highest BCUT2D eigenvalue weighted by molar-refractivity contribution is 5.84. The van der Waals surface area contributed by atoms with Crippen LogP contribution in [0.5, 0.6) is 0 Å². The lowest BCUT2D eigenvalue weighted by Gasteiger charge is -2.04. The molecule has 0 aliphatic heterocycles. The largest absolute Gasteiger partial charge is 0.476 e. The second kappa shape index (κ2) is 4.40. The molecular formula is C10H15FO2. The molecule has 1 rings (SSSR count). The molecule has 1 N–H and O–H groups in total. The van der Waals surface area contributed by atoms with Gasteiger partial charge in [-0.05, 0) is 37.2 Å². The molecule has 1 aliphatic carbocycles. The lowest BCUT2D eigenvalue weighted by molar-refractivity contribution is -0.134. The van der Waals surface area contributed by atoms with Crippen LogP contribution in [0, 0.1) is 5.92 Å². The van der Waals surface area contributed by atoms with Gasteiger partial charge in [-0.25, -0.2) is 4.79 Å². The van der Waals surface area contributed by atoms with Crippen LogP contribution in [0.25, 0.3) is 0 Å². The maximum atomic E-state index is 13.0. The molecule has 0 saturated heterocycles. The first-order valence-corrected chi connectivity index (χ1v) is 4.72. The number of carboxylic acid groups (broad SMARTS) is 1. The smallest absolute Gasteiger partial charge is 0.364 e. The van der Waals surface area contributed by atoms with E-state index in [2.05, 4.69) is 6.92 Å². The molecule has 74 valence electrons. The van der Waals surface area contributed by atoms with Crippen LogP contribution < -0.4 is 0 Å². The van der Waals surface area contributed by atoms with Gasteiger partial charge in [-0.2, -0.15) is 4.39 Å². The highest BCUT2D eigenvalue weighted by Crippen LogP contribution is 2.28. The van der Waals surface area contributed by atoms with Crippen molar-refractivity contribution >= 4 is 5.97 Å². The molecule has 0 aromatic carbocycles. The van der Waals surface area contributed by atoms with Gasteiger partial charge in [0.25, 0.3) is 0 Å². The topological polar surface area (TPSA) is 37.3 Å². The van der Waals surface area contributed by atoms with E-state index >= 15 is 0 Å². The minimum atomic E-state index is -1.41. The molecule has 2 nitrogen and oxygen atoms in total. The third-order valence-corrected chi connectivity index (χ3v) is 2.61. The Balaban J connectivity index is 2.70. The summed E-state index contributed by atoms with van der Waals surface area (Å²) in [7, 11) is 0. The van der Waals surface area contributed by atoms with Crippen molar-refractivity contribution in [1.82, 2.24) is 0 Å². The molecule has 0 amide bonds. The fourth-order valence-electron chi connectivity index (χ4n) is 1.72. The van der Waals surface area contributed by atoms with E-state index in [9.17, 15) is 9.18 Å². The van der Waals surface area contributed by atoms with Gasteiger partial charge in [0.05, 0.1) is 0 Å². The molecule has 1 aliphatic rings. The molecule has 0 radical (unpaired) electrons. The Morgan fingerprint density at radius 3 is 2.77 bits per heavy atom. The molecule has 0 aromatic heterocycles. The summed E-state index contributed by atoms with van der Waals surface area (Å²) in [6, 6.07) is 0. The quantitative estimate of drug-likeness (QED) is 0.505. The Morgan fingerprint density at radius 2 is 2.15 bits per heavy atom. The third kappa shape index (κ3) is 2.83. The van der Waals surface area contributed by atoms with Crippen molar-refractivity contribution in [3.63, 3.8) is 0 Å². The van der Waals surface area contributed by atoms with Gasteiger partial charge in [0.15, 0.2) is 0 Å². The van der Waals surface area contributed by atoms with Crippen LogP contribution in [0.2, 0.25) is 0 Å². The van der Waals surface area contributed by atoms with Gasteiger partial charge in [-0.3, -0.25) is 0 Å².